The van der Waals surface area contributed by atoms with Crippen molar-refractivity contribution in [1.29, 1.82) is 0 Å². The third-order valence-electron chi connectivity index (χ3n) is 3.53. The van der Waals surface area contributed by atoms with E-state index in [4.69, 9.17) is 10.5 Å². The number of halogens is 1. The van der Waals surface area contributed by atoms with Crippen LogP contribution in [0.1, 0.15) is 25.5 Å². The van der Waals surface area contributed by atoms with E-state index in [2.05, 4.69) is 18.7 Å². The maximum Gasteiger partial charge on any atom is 0.123 e. The van der Waals surface area contributed by atoms with Crippen molar-refractivity contribution in [3.05, 3.63) is 35.6 Å². The van der Waals surface area contributed by atoms with E-state index < -0.39 is 0 Å². The summed E-state index contributed by atoms with van der Waals surface area (Å²) in [5, 5.41) is 0. The third kappa shape index (κ3) is 3.07. The minimum absolute atomic E-state index is 0.00982. The average Bonchev–Trinajstić information content (AvgIpc) is 2.32. The minimum atomic E-state index is -0.224. The molecule has 1 fully saturated rings. The lowest BCUT2D eigenvalue weighted by Crippen LogP contribution is -2.54. The number of nitrogens with two attached hydrogens (primary N) is 1. The van der Waals surface area contributed by atoms with Crippen LogP contribution >= 0.6 is 0 Å². The summed E-state index contributed by atoms with van der Waals surface area (Å²) in [5.41, 5.74) is 7.17. The Morgan fingerprint density at radius 1 is 1.39 bits per heavy atom. The summed E-state index contributed by atoms with van der Waals surface area (Å²) in [6.45, 7) is 7.44. The summed E-state index contributed by atoms with van der Waals surface area (Å²) in [6, 6.07) is 6.34. The fraction of sp³-hybridized carbons (Fsp3) is 0.571. The largest absolute Gasteiger partial charge is 0.378 e. The number of hydrogen-bond acceptors (Lipinski definition) is 3. The summed E-state index contributed by atoms with van der Waals surface area (Å²) in [7, 11) is 0. The van der Waals surface area contributed by atoms with E-state index in [9.17, 15) is 4.39 Å². The maximum absolute atomic E-state index is 12.9. The van der Waals surface area contributed by atoms with Crippen LogP contribution in [0.15, 0.2) is 24.3 Å². The van der Waals surface area contributed by atoms with Crippen LogP contribution in [-0.2, 0) is 4.74 Å². The van der Waals surface area contributed by atoms with Crippen LogP contribution in [0, 0.1) is 5.82 Å². The Bertz CT molecular complexity index is 391. The number of rotatable bonds is 3. The Balaban J connectivity index is 2.02. The summed E-state index contributed by atoms with van der Waals surface area (Å²) < 4.78 is 18.3. The number of ether oxygens (including phenoxy) is 1. The van der Waals surface area contributed by atoms with Gasteiger partial charge < -0.3 is 10.5 Å². The molecular formula is C14H21FN2O. The maximum atomic E-state index is 12.9. The minimum Gasteiger partial charge on any atom is -0.378 e. The van der Waals surface area contributed by atoms with E-state index in [0.717, 1.165) is 31.9 Å². The van der Waals surface area contributed by atoms with E-state index in [1.54, 1.807) is 12.1 Å². The highest BCUT2D eigenvalue weighted by Gasteiger charge is 2.31. The molecule has 0 amide bonds. The van der Waals surface area contributed by atoms with E-state index in [0.29, 0.717) is 0 Å². The first-order valence-electron chi connectivity index (χ1n) is 6.33. The molecule has 0 aromatic heterocycles. The molecule has 4 heteroatoms. The smallest absolute Gasteiger partial charge is 0.123 e. The fourth-order valence-corrected chi connectivity index (χ4v) is 2.28. The molecule has 0 radical (unpaired) electrons. The SMILES string of the molecule is CC1(C)COCCN1CC(N)c1ccc(F)cc1. The molecule has 0 saturated carbocycles. The van der Waals surface area contributed by atoms with Gasteiger partial charge in [-0.05, 0) is 31.5 Å². The molecule has 1 saturated heterocycles. The van der Waals surface area contributed by atoms with Crippen LogP contribution in [0.2, 0.25) is 0 Å². The van der Waals surface area contributed by atoms with E-state index in [1.807, 2.05) is 0 Å². The van der Waals surface area contributed by atoms with Crippen molar-refractivity contribution >= 4 is 0 Å². The van der Waals surface area contributed by atoms with Crippen LogP contribution in [0.4, 0.5) is 4.39 Å². The van der Waals surface area contributed by atoms with Crippen LogP contribution in [-0.4, -0.2) is 36.7 Å². The Labute approximate surface area is 108 Å². The zero-order valence-electron chi connectivity index (χ0n) is 11.0. The molecule has 2 N–H and O–H groups in total. The van der Waals surface area contributed by atoms with Crippen molar-refractivity contribution in [3.8, 4) is 0 Å². The number of morpholine rings is 1. The molecule has 0 bridgehead atoms. The zero-order chi connectivity index (χ0) is 13.2. The predicted octanol–water partition coefficient (Wildman–Crippen LogP) is 1.94. The van der Waals surface area contributed by atoms with Gasteiger partial charge in [0.1, 0.15) is 5.82 Å². The lowest BCUT2D eigenvalue weighted by atomic mass is 9.99. The lowest BCUT2D eigenvalue weighted by molar-refractivity contribution is -0.0531. The monoisotopic (exact) mass is 252 g/mol. The molecule has 0 spiro atoms. The first-order chi connectivity index (χ1) is 8.49. The van der Waals surface area contributed by atoms with Gasteiger partial charge >= 0.3 is 0 Å². The molecule has 1 aromatic rings. The van der Waals surface area contributed by atoms with Crippen LogP contribution in [0.5, 0.6) is 0 Å². The first-order valence-corrected chi connectivity index (χ1v) is 6.33. The van der Waals surface area contributed by atoms with Crippen molar-refractivity contribution in [2.75, 3.05) is 26.3 Å². The molecule has 0 aliphatic carbocycles. The Morgan fingerprint density at radius 2 is 2.06 bits per heavy atom. The molecule has 1 atom stereocenters. The van der Waals surface area contributed by atoms with Gasteiger partial charge in [0.2, 0.25) is 0 Å². The van der Waals surface area contributed by atoms with Gasteiger partial charge in [-0.1, -0.05) is 12.1 Å². The van der Waals surface area contributed by atoms with Crippen LogP contribution < -0.4 is 5.73 Å². The second-order valence-corrected chi connectivity index (χ2v) is 5.47. The standard InChI is InChI=1S/C14H21FN2O/c1-14(2)10-18-8-7-17(14)9-13(16)11-3-5-12(15)6-4-11/h3-6,13H,7-10,16H2,1-2H3. The molecule has 1 unspecified atom stereocenters. The van der Waals surface area contributed by atoms with Crippen molar-refractivity contribution in [1.82, 2.24) is 4.90 Å². The number of nitrogens with zero attached hydrogens (tertiary/aromatic N) is 1. The van der Waals surface area contributed by atoms with Crippen molar-refractivity contribution < 1.29 is 9.13 Å². The van der Waals surface area contributed by atoms with Gasteiger partial charge in [-0.2, -0.15) is 0 Å². The van der Waals surface area contributed by atoms with Crippen molar-refractivity contribution in [2.45, 2.75) is 25.4 Å². The zero-order valence-corrected chi connectivity index (χ0v) is 11.0. The summed E-state index contributed by atoms with van der Waals surface area (Å²) in [6.07, 6.45) is 0. The molecule has 1 heterocycles. The fourth-order valence-electron chi connectivity index (χ4n) is 2.28. The first kappa shape index (κ1) is 13.5. The van der Waals surface area contributed by atoms with Crippen molar-refractivity contribution in [2.24, 2.45) is 5.73 Å². The highest BCUT2D eigenvalue weighted by atomic mass is 19.1. The molecule has 1 aliphatic rings. The predicted molar refractivity (Wildman–Crippen MR) is 69.8 cm³/mol. The Kier molecular flexibility index (Phi) is 4.00. The summed E-state index contributed by atoms with van der Waals surface area (Å²) in [4.78, 5) is 2.34. The second-order valence-electron chi connectivity index (χ2n) is 5.47. The van der Waals surface area contributed by atoms with Gasteiger partial charge in [0.05, 0.1) is 13.2 Å². The Hall–Kier alpha value is -0.970. The molecule has 1 aliphatic heterocycles. The van der Waals surface area contributed by atoms with Gasteiger partial charge in [-0.25, -0.2) is 4.39 Å². The highest BCUT2D eigenvalue weighted by Crippen LogP contribution is 2.22. The molecular weight excluding hydrogens is 231 g/mol. The number of benzene rings is 1. The lowest BCUT2D eigenvalue weighted by Gasteiger charge is -2.43. The van der Waals surface area contributed by atoms with Crippen molar-refractivity contribution in [3.63, 3.8) is 0 Å². The normalized spacial score (nSPS) is 21.8. The molecule has 1 aromatic carbocycles. The summed E-state index contributed by atoms with van der Waals surface area (Å²) in [5.74, 6) is -0.224. The van der Waals surface area contributed by atoms with Gasteiger partial charge in [0, 0.05) is 24.7 Å². The molecule has 2 rings (SSSR count). The average molecular weight is 252 g/mol. The summed E-state index contributed by atoms with van der Waals surface area (Å²) >= 11 is 0. The molecule has 100 valence electrons. The van der Waals surface area contributed by atoms with Gasteiger partial charge in [0.25, 0.3) is 0 Å². The topological polar surface area (TPSA) is 38.5 Å². The number of hydrogen-bond donors (Lipinski definition) is 1. The van der Waals surface area contributed by atoms with E-state index in [-0.39, 0.29) is 17.4 Å². The van der Waals surface area contributed by atoms with Gasteiger partial charge in [0.15, 0.2) is 0 Å². The molecule has 18 heavy (non-hydrogen) atoms. The van der Waals surface area contributed by atoms with E-state index >= 15 is 0 Å². The quantitative estimate of drug-likeness (QED) is 0.893. The second kappa shape index (κ2) is 5.34. The highest BCUT2D eigenvalue weighted by molar-refractivity contribution is 5.20. The van der Waals surface area contributed by atoms with Crippen LogP contribution in [0.3, 0.4) is 0 Å². The Morgan fingerprint density at radius 3 is 2.67 bits per heavy atom. The third-order valence-corrected chi connectivity index (χ3v) is 3.53. The van der Waals surface area contributed by atoms with E-state index in [1.165, 1.54) is 12.1 Å². The van der Waals surface area contributed by atoms with Gasteiger partial charge in [-0.3, -0.25) is 4.90 Å². The van der Waals surface area contributed by atoms with Crippen LogP contribution in [0.25, 0.3) is 0 Å². The molecule has 3 nitrogen and oxygen atoms in total. The van der Waals surface area contributed by atoms with Gasteiger partial charge in [-0.15, -0.1) is 0 Å².